The highest BCUT2D eigenvalue weighted by molar-refractivity contribution is 6.18. The Morgan fingerprint density at radius 1 is 1.00 bits per heavy atom. The number of halogens is 2. The lowest BCUT2D eigenvalue weighted by Crippen LogP contribution is -2.35. The Hall–Kier alpha value is -1.53. The number of hydrogen-bond donors (Lipinski definition) is 0. The quantitative estimate of drug-likeness (QED) is 0.210. The minimum Gasteiger partial charge on any atom is -0.618 e. The lowest BCUT2D eigenvalue weighted by molar-refractivity contribution is -0.608. The highest BCUT2D eigenvalue weighted by Crippen LogP contribution is 2.06. The van der Waals surface area contributed by atoms with E-state index in [0.717, 1.165) is 12.6 Å². The maximum atomic E-state index is 11.9. The summed E-state index contributed by atoms with van der Waals surface area (Å²) in [6, 6.07) is 2.46. The second-order valence-electron chi connectivity index (χ2n) is 4.69. The molecule has 1 aromatic heterocycles. The summed E-state index contributed by atoms with van der Waals surface area (Å²) in [7, 11) is 0. The van der Waals surface area contributed by atoms with Gasteiger partial charge in [-0.2, -0.15) is 4.73 Å². The molecular formula is C15H19Cl2NO5. The van der Waals surface area contributed by atoms with Gasteiger partial charge in [-0.3, -0.25) is 0 Å². The lowest BCUT2D eigenvalue weighted by atomic mass is 10.2. The van der Waals surface area contributed by atoms with E-state index in [1.807, 2.05) is 0 Å². The Labute approximate surface area is 144 Å². The molecule has 6 nitrogen and oxygen atoms in total. The first-order valence-electron chi connectivity index (χ1n) is 7.29. The molecule has 1 heterocycles. The van der Waals surface area contributed by atoms with Crippen LogP contribution in [0.3, 0.4) is 0 Å². The van der Waals surface area contributed by atoms with Crippen LogP contribution in [-0.2, 0) is 9.47 Å². The molecule has 1 aromatic rings. The molecule has 0 radical (unpaired) electrons. The molecule has 23 heavy (non-hydrogen) atoms. The van der Waals surface area contributed by atoms with Crippen molar-refractivity contribution in [3.63, 3.8) is 0 Å². The van der Waals surface area contributed by atoms with Crippen molar-refractivity contribution >= 4 is 35.1 Å². The Morgan fingerprint density at radius 3 is 2.13 bits per heavy atom. The number of carbonyl (C=O) groups excluding carboxylic acids is 2. The van der Waals surface area contributed by atoms with Crippen molar-refractivity contribution in [1.29, 1.82) is 0 Å². The Morgan fingerprint density at radius 2 is 1.57 bits per heavy atom. The number of hydrogen-bond acceptors (Lipinski definition) is 5. The third kappa shape index (κ3) is 7.05. The maximum absolute atomic E-state index is 11.9. The van der Waals surface area contributed by atoms with Gasteiger partial charge in [0.15, 0.2) is 6.20 Å². The van der Waals surface area contributed by atoms with E-state index in [2.05, 4.69) is 0 Å². The van der Waals surface area contributed by atoms with E-state index in [4.69, 9.17) is 32.7 Å². The number of nitrogens with zero attached hydrogens (tertiary/aromatic N) is 1. The van der Waals surface area contributed by atoms with Gasteiger partial charge < -0.3 is 14.7 Å². The third-order valence-electron chi connectivity index (χ3n) is 2.89. The number of ether oxygens (including phenoxy) is 2. The predicted octanol–water partition coefficient (Wildman–Crippen LogP) is 2.67. The summed E-state index contributed by atoms with van der Waals surface area (Å²) in [6.45, 7) is 0.398. The predicted molar refractivity (Wildman–Crippen MR) is 85.9 cm³/mol. The average molecular weight is 364 g/mol. The fourth-order valence-electron chi connectivity index (χ4n) is 1.64. The maximum Gasteiger partial charge on any atom is 0.405 e. The summed E-state index contributed by atoms with van der Waals surface area (Å²) in [5.41, 5.74) is -0.137. The monoisotopic (exact) mass is 363 g/mol. The van der Waals surface area contributed by atoms with E-state index in [1.54, 1.807) is 0 Å². The minimum atomic E-state index is -0.786. The zero-order valence-electron chi connectivity index (χ0n) is 12.6. The first-order valence-corrected chi connectivity index (χ1v) is 8.36. The summed E-state index contributed by atoms with van der Waals surface area (Å²) in [5.74, 6) is -0.411. The van der Waals surface area contributed by atoms with Crippen molar-refractivity contribution in [2.75, 3.05) is 25.0 Å². The molecule has 0 aliphatic carbocycles. The molecule has 0 aromatic carbocycles. The molecule has 0 aliphatic heterocycles. The Bertz CT molecular complexity index is 525. The smallest absolute Gasteiger partial charge is 0.405 e. The molecule has 0 N–H and O–H groups in total. The van der Waals surface area contributed by atoms with Crippen LogP contribution >= 0.6 is 23.2 Å². The number of unbranched alkanes of at least 4 members (excludes halogenated alkanes) is 2. The van der Waals surface area contributed by atoms with Gasteiger partial charge in [0.1, 0.15) is 0 Å². The molecule has 0 spiro atoms. The van der Waals surface area contributed by atoms with Crippen molar-refractivity contribution in [2.24, 2.45) is 0 Å². The lowest BCUT2D eigenvalue weighted by Gasteiger charge is -2.07. The van der Waals surface area contributed by atoms with Crippen LogP contribution in [-0.4, -0.2) is 36.9 Å². The summed E-state index contributed by atoms with van der Waals surface area (Å²) in [4.78, 5) is 23.7. The topological polar surface area (TPSA) is 79.5 Å². The van der Waals surface area contributed by atoms with E-state index >= 15 is 0 Å². The molecule has 0 fully saturated rings. The zero-order valence-corrected chi connectivity index (χ0v) is 14.1. The van der Waals surface area contributed by atoms with Crippen LogP contribution in [0.1, 0.15) is 46.5 Å². The van der Waals surface area contributed by atoms with Gasteiger partial charge in [-0.25, -0.2) is 9.59 Å². The van der Waals surface area contributed by atoms with Crippen molar-refractivity contribution in [1.82, 2.24) is 0 Å². The fraction of sp³-hybridized carbons (Fsp3) is 0.533. The molecule has 1 rings (SSSR count). The number of carbonyl (C=O) groups is 2. The van der Waals surface area contributed by atoms with Crippen LogP contribution in [0.4, 0.5) is 0 Å². The number of esters is 2. The van der Waals surface area contributed by atoms with Gasteiger partial charge in [0, 0.05) is 23.9 Å². The summed E-state index contributed by atoms with van der Waals surface area (Å²) in [6.07, 6.45) is 3.78. The van der Waals surface area contributed by atoms with E-state index in [9.17, 15) is 14.8 Å². The molecule has 0 bridgehead atoms. The summed E-state index contributed by atoms with van der Waals surface area (Å²) < 4.78 is 10.4. The zero-order chi connectivity index (χ0) is 17.1. The van der Waals surface area contributed by atoms with Gasteiger partial charge in [-0.15, -0.1) is 23.2 Å². The molecule has 0 atom stereocenters. The Balaban J connectivity index is 2.63. The molecule has 0 unspecified atom stereocenters. The van der Waals surface area contributed by atoms with Crippen LogP contribution in [0, 0.1) is 5.21 Å². The van der Waals surface area contributed by atoms with Crippen molar-refractivity contribution < 1.29 is 23.8 Å². The third-order valence-corrected chi connectivity index (χ3v) is 3.42. The molecule has 128 valence electrons. The van der Waals surface area contributed by atoms with Crippen LogP contribution in [0.15, 0.2) is 18.3 Å². The molecule has 0 amide bonds. The summed E-state index contributed by atoms with van der Waals surface area (Å²) >= 11 is 11.1. The van der Waals surface area contributed by atoms with Crippen molar-refractivity contribution in [3.8, 4) is 0 Å². The highest BCUT2D eigenvalue weighted by atomic mass is 35.5. The van der Waals surface area contributed by atoms with E-state index in [0.29, 0.717) is 35.8 Å². The average Bonchev–Trinajstić information content (AvgIpc) is 2.55. The number of aromatic nitrogens is 1. The normalized spacial score (nSPS) is 10.3. The van der Waals surface area contributed by atoms with Crippen molar-refractivity contribution in [2.45, 2.75) is 25.7 Å². The van der Waals surface area contributed by atoms with Gasteiger partial charge in [0.2, 0.25) is 0 Å². The van der Waals surface area contributed by atoms with Crippen LogP contribution in [0.5, 0.6) is 0 Å². The number of pyridine rings is 1. The van der Waals surface area contributed by atoms with Gasteiger partial charge in [0.05, 0.1) is 18.8 Å². The Kier molecular flexibility index (Phi) is 9.40. The molecule has 0 aliphatic rings. The van der Waals surface area contributed by atoms with Crippen LogP contribution in [0.25, 0.3) is 0 Å². The first-order chi connectivity index (χ1) is 11.1. The molecule has 0 saturated heterocycles. The minimum absolute atomic E-state index is 0.121. The van der Waals surface area contributed by atoms with Crippen LogP contribution in [0.2, 0.25) is 0 Å². The number of rotatable bonds is 10. The first kappa shape index (κ1) is 19.5. The van der Waals surface area contributed by atoms with Gasteiger partial charge in [0.25, 0.3) is 0 Å². The fourth-order valence-corrected chi connectivity index (χ4v) is 2.02. The standard InChI is InChI=1S/C15H19Cl2NO5/c16-6-1-3-9-22-14(19)12-5-8-18(21)13(11-12)15(20)23-10-4-2-7-17/h5,8,11H,1-4,6-7,9-10H2. The molecular weight excluding hydrogens is 345 g/mol. The van der Waals surface area contributed by atoms with E-state index in [1.165, 1.54) is 12.1 Å². The van der Waals surface area contributed by atoms with Crippen molar-refractivity contribution in [3.05, 3.63) is 34.8 Å². The largest absolute Gasteiger partial charge is 0.618 e. The van der Waals surface area contributed by atoms with E-state index in [-0.39, 0.29) is 24.5 Å². The molecule has 0 saturated carbocycles. The highest BCUT2D eigenvalue weighted by Gasteiger charge is 2.21. The molecule has 8 heteroatoms. The second kappa shape index (κ2) is 11.1. The second-order valence-corrected chi connectivity index (χ2v) is 5.45. The van der Waals surface area contributed by atoms with E-state index < -0.39 is 11.9 Å². The van der Waals surface area contributed by atoms with Gasteiger partial charge in [-0.1, -0.05) is 0 Å². The van der Waals surface area contributed by atoms with Crippen LogP contribution < -0.4 is 4.73 Å². The van der Waals surface area contributed by atoms with Gasteiger partial charge >= 0.3 is 17.6 Å². The summed E-state index contributed by atoms with van der Waals surface area (Å²) in [5, 5.41) is 11.7. The van der Waals surface area contributed by atoms with Gasteiger partial charge in [-0.05, 0) is 25.7 Å². The number of alkyl halides is 2. The SMILES string of the molecule is O=C(OCCCCCl)c1cc[n+]([O-])c(C(=O)OCCCCCl)c1.